The molecule has 1 atom stereocenters. The molecule has 0 aromatic heterocycles. The van der Waals surface area contributed by atoms with Gasteiger partial charge in [-0.05, 0) is 43.5 Å². The van der Waals surface area contributed by atoms with Gasteiger partial charge in [0.15, 0.2) is 11.6 Å². The lowest BCUT2D eigenvalue weighted by Gasteiger charge is -2.22. The van der Waals surface area contributed by atoms with Gasteiger partial charge in [0.2, 0.25) is 0 Å². The average molecular weight is 289 g/mol. The molecule has 1 unspecified atom stereocenters. The smallest absolute Gasteiger partial charge is 0.164 e. The molecule has 21 heavy (non-hydrogen) atoms. The van der Waals surface area contributed by atoms with E-state index in [0.717, 1.165) is 24.1 Å². The van der Waals surface area contributed by atoms with Gasteiger partial charge in [-0.25, -0.2) is 8.78 Å². The van der Waals surface area contributed by atoms with E-state index in [1.165, 1.54) is 0 Å². The number of nitrogens with one attached hydrogen (secondary N) is 1. The third kappa shape index (κ3) is 3.30. The zero-order valence-corrected chi connectivity index (χ0v) is 12.7. The van der Waals surface area contributed by atoms with Gasteiger partial charge < -0.3 is 5.32 Å². The molecule has 0 saturated heterocycles. The molecule has 1 nitrogen and oxygen atoms in total. The van der Waals surface area contributed by atoms with Crippen molar-refractivity contribution in [3.63, 3.8) is 0 Å². The fraction of sp³-hybridized carbons (Fsp3) is 0.333. The summed E-state index contributed by atoms with van der Waals surface area (Å²) in [6.07, 6.45) is 0.929. The SMILES string of the molecule is CCCNC(c1ccccc1C)c1ccc(C)c(F)c1F. The molecule has 0 heterocycles. The number of benzene rings is 2. The molecule has 0 bridgehead atoms. The van der Waals surface area contributed by atoms with E-state index in [4.69, 9.17) is 0 Å². The van der Waals surface area contributed by atoms with Crippen molar-refractivity contribution in [2.45, 2.75) is 33.2 Å². The maximum Gasteiger partial charge on any atom is 0.164 e. The molecule has 2 aromatic carbocycles. The van der Waals surface area contributed by atoms with Crippen molar-refractivity contribution in [2.75, 3.05) is 6.54 Å². The summed E-state index contributed by atoms with van der Waals surface area (Å²) < 4.78 is 28.2. The Balaban J connectivity index is 2.51. The fourth-order valence-corrected chi connectivity index (χ4v) is 2.47. The lowest BCUT2D eigenvalue weighted by molar-refractivity contribution is 0.475. The van der Waals surface area contributed by atoms with Gasteiger partial charge in [-0.1, -0.05) is 43.3 Å². The standard InChI is InChI=1S/C18H21F2N/c1-4-11-21-18(14-8-6-5-7-12(14)2)15-10-9-13(3)16(19)17(15)20/h5-10,18,21H,4,11H2,1-3H3. The molecule has 0 saturated carbocycles. The van der Waals surface area contributed by atoms with Crippen LogP contribution in [0.15, 0.2) is 36.4 Å². The quantitative estimate of drug-likeness (QED) is 0.843. The zero-order valence-electron chi connectivity index (χ0n) is 12.7. The maximum absolute atomic E-state index is 14.3. The normalized spacial score (nSPS) is 12.4. The Labute approximate surface area is 125 Å². The number of rotatable bonds is 5. The van der Waals surface area contributed by atoms with Crippen LogP contribution in [0.25, 0.3) is 0 Å². The molecular formula is C18H21F2N. The molecule has 1 N–H and O–H groups in total. The first-order valence-corrected chi connectivity index (χ1v) is 7.29. The van der Waals surface area contributed by atoms with Gasteiger partial charge in [0.1, 0.15) is 0 Å². The molecule has 0 aliphatic carbocycles. The van der Waals surface area contributed by atoms with Crippen LogP contribution in [0.2, 0.25) is 0 Å². The van der Waals surface area contributed by atoms with Crippen LogP contribution >= 0.6 is 0 Å². The van der Waals surface area contributed by atoms with Crippen LogP contribution in [0.4, 0.5) is 8.78 Å². The lowest BCUT2D eigenvalue weighted by atomic mass is 9.93. The van der Waals surface area contributed by atoms with Crippen molar-refractivity contribution in [2.24, 2.45) is 0 Å². The molecule has 0 aliphatic rings. The van der Waals surface area contributed by atoms with Crippen molar-refractivity contribution in [3.05, 3.63) is 70.3 Å². The van der Waals surface area contributed by atoms with E-state index in [1.807, 2.05) is 38.1 Å². The fourth-order valence-electron chi connectivity index (χ4n) is 2.47. The van der Waals surface area contributed by atoms with Crippen LogP contribution in [0.5, 0.6) is 0 Å². The Morgan fingerprint density at radius 3 is 2.29 bits per heavy atom. The van der Waals surface area contributed by atoms with Crippen LogP contribution < -0.4 is 5.32 Å². The van der Waals surface area contributed by atoms with E-state index in [0.29, 0.717) is 11.1 Å². The third-order valence-corrected chi connectivity index (χ3v) is 3.71. The van der Waals surface area contributed by atoms with Crippen molar-refractivity contribution in [1.82, 2.24) is 5.32 Å². The second-order valence-corrected chi connectivity index (χ2v) is 5.34. The molecule has 2 aromatic rings. The van der Waals surface area contributed by atoms with E-state index in [9.17, 15) is 8.78 Å². The highest BCUT2D eigenvalue weighted by Gasteiger charge is 2.21. The highest BCUT2D eigenvalue weighted by molar-refractivity contribution is 5.39. The van der Waals surface area contributed by atoms with Gasteiger partial charge in [-0.3, -0.25) is 0 Å². The van der Waals surface area contributed by atoms with Gasteiger partial charge in [0.25, 0.3) is 0 Å². The van der Waals surface area contributed by atoms with E-state index in [1.54, 1.807) is 19.1 Å². The topological polar surface area (TPSA) is 12.0 Å². The molecule has 2 rings (SSSR count). The summed E-state index contributed by atoms with van der Waals surface area (Å²) >= 11 is 0. The Hall–Kier alpha value is -1.74. The Kier molecular flexibility index (Phi) is 5.07. The highest BCUT2D eigenvalue weighted by atomic mass is 19.2. The first kappa shape index (κ1) is 15.6. The van der Waals surface area contributed by atoms with Crippen LogP contribution in [0.3, 0.4) is 0 Å². The van der Waals surface area contributed by atoms with Crippen molar-refractivity contribution < 1.29 is 8.78 Å². The second kappa shape index (κ2) is 6.81. The molecule has 112 valence electrons. The summed E-state index contributed by atoms with van der Waals surface area (Å²) in [6.45, 7) is 6.35. The number of hydrogen-bond acceptors (Lipinski definition) is 1. The largest absolute Gasteiger partial charge is 0.306 e. The summed E-state index contributed by atoms with van der Waals surface area (Å²) in [5.74, 6) is -1.52. The summed E-state index contributed by atoms with van der Waals surface area (Å²) in [7, 11) is 0. The minimum absolute atomic E-state index is 0.329. The number of hydrogen-bond donors (Lipinski definition) is 1. The Morgan fingerprint density at radius 2 is 1.62 bits per heavy atom. The zero-order chi connectivity index (χ0) is 15.4. The van der Waals surface area contributed by atoms with E-state index >= 15 is 0 Å². The van der Waals surface area contributed by atoms with E-state index in [2.05, 4.69) is 5.32 Å². The molecule has 0 radical (unpaired) electrons. The Morgan fingerprint density at radius 1 is 0.905 bits per heavy atom. The first-order valence-electron chi connectivity index (χ1n) is 7.29. The van der Waals surface area contributed by atoms with Crippen LogP contribution in [-0.2, 0) is 0 Å². The van der Waals surface area contributed by atoms with Crippen molar-refractivity contribution in [1.29, 1.82) is 0 Å². The predicted molar refractivity (Wildman–Crippen MR) is 82.4 cm³/mol. The van der Waals surface area contributed by atoms with Crippen molar-refractivity contribution in [3.8, 4) is 0 Å². The molecule has 0 amide bonds. The second-order valence-electron chi connectivity index (χ2n) is 5.34. The minimum atomic E-state index is -0.760. The third-order valence-electron chi connectivity index (χ3n) is 3.71. The van der Waals surface area contributed by atoms with Gasteiger partial charge in [-0.15, -0.1) is 0 Å². The lowest BCUT2D eigenvalue weighted by Crippen LogP contribution is -2.25. The van der Waals surface area contributed by atoms with Crippen LogP contribution in [0, 0.1) is 25.5 Å². The van der Waals surface area contributed by atoms with Gasteiger partial charge >= 0.3 is 0 Å². The van der Waals surface area contributed by atoms with E-state index < -0.39 is 11.6 Å². The van der Waals surface area contributed by atoms with Gasteiger partial charge in [0, 0.05) is 5.56 Å². The van der Waals surface area contributed by atoms with Crippen LogP contribution in [0.1, 0.15) is 41.6 Å². The summed E-state index contributed by atoms with van der Waals surface area (Å²) in [4.78, 5) is 0. The first-order chi connectivity index (χ1) is 10.1. The van der Waals surface area contributed by atoms with Gasteiger partial charge in [0.05, 0.1) is 6.04 Å². The number of halogens is 2. The molecular weight excluding hydrogens is 268 g/mol. The van der Waals surface area contributed by atoms with E-state index in [-0.39, 0.29) is 6.04 Å². The summed E-state index contributed by atoms with van der Waals surface area (Å²) in [6, 6.07) is 10.8. The highest BCUT2D eigenvalue weighted by Crippen LogP contribution is 2.29. The van der Waals surface area contributed by atoms with Crippen molar-refractivity contribution >= 4 is 0 Å². The molecule has 0 aliphatic heterocycles. The molecule has 0 spiro atoms. The van der Waals surface area contributed by atoms with Gasteiger partial charge in [-0.2, -0.15) is 0 Å². The monoisotopic (exact) mass is 289 g/mol. The van der Waals surface area contributed by atoms with Crippen LogP contribution in [-0.4, -0.2) is 6.54 Å². The predicted octanol–water partition coefficient (Wildman–Crippen LogP) is 4.67. The molecule has 0 fully saturated rings. The number of aryl methyl sites for hydroxylation is 2. The Bertz CT molecular complexity index is 623. The maximum atomic E-state index is 14.3. The summed E-state index contributed by atoms with van der Waals surface area (Å²) in [5.41, 5.74) is 2.73. The average Bonchev–Trinajstić information content (AvgIpc) is 2.48. The summed E-state index contributed by atoms with van der Waals surface area (Å²) in [5, 5.41) is 3.32. The molecule has 3 heteroatoms. The minimum Gasteiger partial charge on any atom is -0.306 e.